The van der Waals surface area contributed by atoms with Crippen molar-refractivity contribution in [2.75, 3.05) is 0 Å². The van der Waals surface area contributed by atoms with E-state index in [1.54, 1.807) is 0 Å². The van der Waals surface area contributed by atoms with Crippen molar-refractivity contribution in [3.8, 4) is 11.1 Å². The molecule has 78 valence electrons. The summed E-state index contributed by atoms with van der Waals surface area (Å²) in [5.74, 6) is 0.699. The van der Waals surface area contributed by atoms with Gasteiger partial charge in [-0.15, -0.1) is 12.6 Å². The molecule has 0 bridgehead atoms. The van der Waals surface area contributed by atoms with E-state index < -0.39 is 0 Å². The van der Waals surface area contributed by atoms with Crippen molar-refractivity contribution in [3.63, 3.8) is 0 Å². The zero-order chi connectivity index (χ0) is 10.8. The minimum Gasteiger partial charge on any atom is -0.143 e. The van der Waals surface area contributed by atoms with E-state index >= 15 is 0 Å². The van der Waals surface area contributed by atoms with Crippen molar-refractivity contribution in [3.05, 3.63) is 42.0 Å². The van der Waals surface area contributed by atoms with E-state index in [1.165, 1.54) is 16.7 Å². The van der Waals surface area contributed by atoms with Gasteiger partial charge >= 0.3 is 0 Å². The lowest BCUT2D eigenvalue weighted by atomic mass is 10.0. The van der Waals surface area contributed by atoms with Crippen LogP contribution in [0.4, 0.5) is 0 Å². The molecule has 0 radical (unpaired) electrons. The summed E-state index contributed by atoms with van der Waals surface area (Å²) in [5.41, 5.74) is 4.09. The fourth-order valence-electron chi connectivity index (χ4n) is 1.94. The summed E-state index contributed by atoms with van der Waals surface area (Å²) in [6, 6.07) is 12.8. The Bertz CT molecular complexity index is 432. The molecule has 2 aliphatic carbocycles. The number of hydrogen-bond donors (Lipinski definition) is 1. The topological polar surface area (TPSA) is 0 Å². The maximum absolute atomic E-state index is 4.42. The predicted molar refractivity (Wildman–Crippen MR) is 68.9 cm³/mol. The van der Waals surface area contributed by atoms with Crippen LogP contribution >= 0.6 is 12.6 Å². The quantitative estimate of drug-likeness (QED) is 0.712. The average molecular weight is 216 g/mol. The van der Waals surface area contributed by atoms with Crippen LogP contribution in [0, 0.1) is 5.92 Å². The Morgan fingerprint density at radius 2 is 1.93 bits per heavy atom. The first-order chi connectivity index (χ1) is 7.16. The minimum atomic E-state index is 0.699. The molecule has 0 unspecified atom stereocenters. The van der Waals surface area contributed by atoms with Crippen molar-refractivity contribution in [2.24, 2.45) is 5.92 Å². The maximum atomic E-state index is 4.42. The van der Waals surface area contributed by atoms with E-state index in [1.807, 2.05) is 6.07 Å². The van der Waals surface area contributed by atoms with E-state index in [0.717, 1.165) is 11.3 Å². The second-order valence-corrected chi connectivity index (χ2v) is 4.94. The number of thiol groups is 1. The van der Waals surface area contributed by atoms with E-state index in [9.17, 15) is 0 Å². The molecule has 0 fully saturated rings. The third kappa shape index (κ3) is 2.35. The predicted octanol–water partition coefficient (Wildman–Crippen LogP) is 4.28. The van der Waals surface area contributed by atoms with Gasteiger partial charge in [-0.2, -0.15) is 0 Å². The molecule has 0 amide bonds. The van der Waals surface area contributed by atoms with Gasteiger partial charge < -0.3 is 0 Å². The molecule has 0 spiro atoms. The standard InChI is InChI=1S/C14H16S/c1-10(2)8-12-7-6-11-4-3-5-13(15)9-14(11)12/h3-7,9-10,15H,8H2,1-2H3. The molecular formula is C14H16S. The van der Waals surface area contributed by atoms with Crippen molar-refractivity contribution >= 4 is 12.6 Å². The molecule has 0 aromatic rings. The van der Waals surface area contributed by atoms with Gasteiger partial charge in [-0.25, -0.2) is 0 Å². The number of hydrogen-bond acceptors (Lipinski definition) is 1. The van der Waals surface area contributed by atoms with Crippen LogP contribution in [0.3, 0.4) is 0 Å². The smallest absolute Gasteiger partial charge is 0.00462 e. The van der Waals surface area contributed by atoms with Crippen molar-refractivity contribution < 1.29 is 0 Å². The lowest BCUT2D eigenvalue weighted by Gasteiger charge is -2.05. The first kappa shape index (κ1) is 10.6. The van der Waals surface area contributed by atoms with Crippen LogP contribution in [0.1, 0.15) is 19.4 Å². The van der Waals surface area contributed by atoms with Crippen LogP contribution in [0.5, 0.6) is 0 Å². The fourth-order valence-corrected chi connectivity index (χ4v) is 2.16. The zero-order valence-corrected chi connectivity index (χ0v) is 10.1. The second kappa shape index (κ2) is 4.28. The summed E-state index contributed by atoms with van der Waals surface area (Å²) < 4.78 is 0. The van der Waals surface area contributed by atoms with E-state index in [2.05, 4.69) is 56.8 Å². The first-order valence-electron chi connectivity index (χ1n) is 5.37. The molecule has 0 saturated carbocycles. The van der Waals surface area contributed by atoms with Gasteiger partial charge in [-0.05, 0) is 41.2 Å². The van der Waals surface area contributed by atoms with Gasteiger partial charge in [0.1, 0.15) is 0 Å². The van der Waals surface area contributed by atoms with Crippen molar-refractivity contribution in [2.45, 2.75) is 25.2 Å². The van der Waals surface area contributed by atoms with Crippen LogP contribution < -0.4 is 0 Å². The van der Waals surface area contributed by atoms with Crippen LogP contribution in [-0.4, -0.2) is 0 Å². The molecule has 1 heteroatoms. The minimum absolute atomic E-state index is 0.699. The molecule has 0 aromatic heterocycles. The summed E-state index contributed by atoms with van der Waals surface area (Å²) in [6.45, 7) is 4.51. The summed E-state index contributed by atoms with van der Waals surface area (Å²) in [6.07, 6.45) is 1.14. The third-order valence-corrected chi connectivity index (χ3v) is 2.86. The van der Waals surface area contributed by atoms with Gasteiger partial charge in [0, 0.05) is 4.90 Å². The van der Waals surface area contributed by atoms with Crippen LogP contribution in [0.2, 0.25) is 0 Å². The summed E-state index contributed by atoms with van der Waals surface area (Å²) in [5, 5.41) is 0. The average Bonchev–Trinajstić information content (AvgIpc) is 2.43. The number of rotatable bonds is 2. The molecule has 0 nitrogen and oxygen atoms in total. The highest BCUT2D eigenvalue weighted by Crippen LogP contribution is 2.30. The number of fused-ring (bicyclic) bond motifs is 1. The maximum Gasteiger partial charge on any atom is 0.00462 e. The van der Waals surface area contributed by atoms with Gasteiger partial charge in [0.15, 0.2) is 0 Å². The molecule has 0 aliphatic heterocycles. The van der Waals surface area contributed by atoms with E-state index in [4.69, 9.17) is 0 Å². The van der Waals surface area contributed by atoms with Gasteiger partial charge in [-0.3, -0.25) is 0 Å². The molecule has 0 aromatic carbocycles. The van der Waals surface area contributed by atoms with Gasteiger partial charge in [-0.1, -0.05) is 38.1 Å². The fraction of sp³-hybridized carbons (Fsp3) is 0.286. The lowest BCUT2D eigenvalue weighted by molar-refractivity contribution is 0.649. The monoisotopic (exact) mass is 216 g/mol. The lowest BCUT2D eigenvalue weighted by Crippen LogP contribution is -1.92. The summed E-state index contributed by atoms with van der Waals surface area (Å²) >= 11 is 4.42. The van der Waals surface area contributed by atoms with Gasteiger partial charge in [0.2, 0.25) is 0 Å². The summed E-state index contributed by atoms with van der Waals surface area (Å²) in [4.78, 5) is 1.03. The molecule has 15 heavy (non-hydrogen) atoms. The SMILES string of the molecule is CC(C)Cc1ccc2cccc(S)cc1-2. The zero-order valence-electron chi connectivity index (χ0n) is 9.20. The highest BCUT2D eigenvalue weighted by Gasteiger charge is 2.09. The Hall–Kier alpha value is -0.950. The van der Waals surface area contributed by atoms with Crippen LogP contribution in [0.15, 0.2) is 41.3 Å². The Labute approximate surface area is 97.1 Å². The Balaban J connectivity index is 2.48. The molecule has 0 atom stereocenters. The Kier molecular flexibility index (Phi) is 3.01. The highest BCUT2D eigenvalue weighted by molar-refractivity contribution is 7.80. The van der Waals surface area contributed by atoms with Crippen molar-refractivity contribution in [1.82, 2.24) is 0 Å². The molecule has 0 heterocycles. The van der Waals surface area contributed by atoms with Crippen molar-refractivity contribution in [1.29, 1.82) is 0 Å². The largest absolute Gasteiger partial charge is 0.143 e. The molecule has 2 aliphatic rings. The van der Waals surface area contributed by atoms with Crippen LogP contribution in [-0.2, 0) is 6.42 Å². The highest BCUT2D eigenvalue weighted by atomic mass is 32.1. The van der Waals surface area contributed by atoms with Gasteiger partial charge in [0.05, 0.1) is 0 Å². The molecule has 2 rings (SSSR count). The molecule has 0 N–H and O–H groups in total. The molecular weight excluding hydrogens is 200 g/mol. The normalized spacial score (nSPS) is 11.2. The van der Waals surface area contributed by atoms with Crippen LogP contribution in [0.25, 0.3) is 11.1 Å². The Morgan fingerprint density at radius 1 is 1.13 bits per heavy atom. The van der Waals surface area contributed by atoms with E-state index in [-0.39, 0.29) is 0 Å². The van der Waals surface area contributed by atoms with E-state index in [0.29, 0.717) is 5.92 Å². The molecule has 0 saturated heterocycles. The Morgan fingerprint density at radius 3 is 2.67 bits per heavy atom. The second-order valence-electron chi connectivity index (χ2n) is 4.42. The van der Waals surface area contributed by atoms with Gasteiger partial charge in [0.25, 0.3) is 0 Å². The summed E-state index contributed by atoms with van der Waals surface area (Å²) in [7, 11) is 0. The first-order valence-corrected chi connectivity index (χ1v) is 5.82. The third-order valence-electron chi connectivity index (χ3n) is 2.58.